The number of hydrogen-bond donors (Lipinski definition) is 0. The number of carbonyl (C=O) groups excluding carboxylic acids is 3. The molecule has 0 fully saturated rings. The van der Waals surface area contributed by atoms with Crippen LogP contribution in [0.25, 0.3) is 0 Å². The summed E-state index contributed by atoms with van der Waals surface area (Å²) in [5.41, 5.74) is 0. The van der Waals surface area contributed by atoms with Crippen LogP contribution in [-0.4, -0.2) is 79.2 Å². The Kier molecular flexibility index (Phi) is 32.3. The molecule has 0 saturated heterocycles. The molecule has 0 N–H and O–H groups in total. The summed E-state index contributed by atoms with van der Waals surface area (Å²) in [6.07, 6.45) is 30.5. The van der Waals surface area contributed by atoms with Crippen molar-refractivity contribution in [2.45, 2.75) is 149 Å². The fourth-order valence-electron chi connectivity index (χ4n) is 4.83. The SMILES string of the molecule is CCC/C=C/CCC(CC/C=C/CCC)OC(=O)CCCCCN(CCCC(=O)OC/C=C\CCCCCC)C(=O)SCCN(C)C. The minimum Gasteiger partial charge on any atom is -0.462 e. The molecule has 0 aliphatic rings. The Balaban J connectivity index is 4.63. The molecule has 0 aromatic carbocycles. The van der Waals surface area contributed by atoms with Gasteiger partial charge in [0, 0.05) is 38.2 Å². The molecule has 0 aliphatic carbocycles. The molecule has 47 heavy (non-hydrogen) atoms. The molecule has 0 aromatic heterocycles. The maximum Gasteiger partial charge on any atom is 0.306 e. The zero-order chi connectivity index (χ0) is 34.8. The first-order chi connectivity index (χ1) is 22.8. The highest BCUT2D eigenvalue weighted by atomic mass is 32.2. The number of esters is 2. The van der Waals surface area contributed by atoms with Gasteiger partial charge in [0.2, 0.25) is 0 Å². The predicted octanol–water partition coefficient (Wildman–Crippen LogP) is 10.3. The summed E-state index contributed by atoms with van der Waals surface area (Å²) in [6, 6.07) is 0. The van der Waals surface area contributed by atoms with Gasteiger partial charge in [-0.05, 0) is 84.7 Å². The fourth-order valence-corrected chi connectivity index (χ4v) is 5.82. The molecular weight excluding hydrogens is 609 g/mol. The number of unbranched alkanes of at least 4 members (excludes halogenated alkanes) is 8. The van der Waals surface area contributed by atoms with Crippen LogP contribution in [-0.2, 0) is 19.1 Å². The van der Waals surface area contributed by atoms with Gasteiger partial charge in [0.15, 0.2) is 0 Å². The molecule has 0 saturated carbocycles. The third-order valence-corrected chi connectivity index (χ3v) is 8.62. The Bertz CT molecular complexity index is 838. The van der Waals surface area contributed by atoms with Crippen LogP contribution in [0.5, 0.6) is 0 Å². The van der Waals surface area contributed by atoms with Crippen LogP contribution in [0.1, 0.15) is 143 Å². The molecule has 0 atom stereocenters. The van der Waals surface area contributed by atoms with Gasteiger partial charge >= 0.3 is 11.9 Å². The lowest BCUT2D eigenvalue weighted by Crippen LogP contribution is -2.31. The zero-order valence-electron chi connectivity index (χ0n) is 30.9. The topological polar surface area (TPSA) is 76.1 Å². The van der Waals surface area contributed by atoms with Crippen LogP contribution in [0.2, 0.25) is 0 Å². The van der Waals surface area contributed by atoms with E-state index < -0.39 is 0 Å². The number of hydrogen-bond acceptors (Lipinski definition) is 7. The van der Waals surface area contributed by atoms with E-state index in [0.717, 1.165) is 89.3 Å². The van der Waals surface area contributed by atoms with Crippen molar-refractivity contribution in [1.29, 1.82) is 0 Å². The summed E-state index contributed by atoms with van der Waals surface area (Å²) in [6.45, 7) is 8.84. The van der Waals surface area contributed by atoms with E-state index in [0.29, 0.717) is 39.0 Å². The minimum absolute atomic E-state index is 0.0504. The third-order valence-electron chi connectivity index (χ3n) is 7.72. The lowest BCUT2D eigenvalue weighted by molar-refractivity contribution is -0.149. The monoisotopic (exact) mass is 679 g/mol. The van der Waals surface area contributed by atoms with Crippen LogP contribution in [0.3, 0.4) is 0 Å². The van der Waals surface area contributed by atoms with Crippen molar-refractivity contribution >= 4 is 28.9 Å². The van der Waals surface area contributed by atoms with Crippen molar-refractivity contribution in [2.75, 3.05) is 46.1 Å². The van der Waals surface area contributed by atoms with E-state index in [2.05, 4.69) is 56.1 Å². The van der Waals surface area contributed by atoms with E-state index in [4.69, 9.17) is 9.47 Å². The highest BCUT2D eigenvalue weighted by molar-refractivity contribution is 8.13. The molecule has 0 rings (SSSR count). The summed E-state index contributed by atoms with van der Waals surface area (Å²) >= 11 is 1.33. The largest absolute Gasteiger partial charge is 0.462 e. The van der Waals surface area contributed by atoms with Crippen molar-refractivity contribution in [3.05, 3.63) is 36.5 Å². The Morgan fingerprint density at radius 3 is 1.85 bits per heavy atom. The first-order valence-electron chi connectivity index (χ1n) is 18.7. The number of amides is 1. The van der Waals surface area contributed by atoms with E-state index in [9.17, 15) is 14.4 Å². The molecule has 7 nitrogen and oxygen atoms in total. The van der Waals surface area contributed by atoms with E-state index in [-0.39, 0.29) is 23.3 Å². The Labute approximate surface area is 293 Å². The average Bonchev–Trinajstić information content (AvgIpc) is 3.04. The van der Waals surface area contributed by atoms with Gasteiger partial charge in [0.1, 0.15) is 12.7 Å². The molecule has 0 spiro atoms. The molecule has 0 unspecified atom stereocenters. The maximum atomic E-state index is 13.0. The highest BCUT2D eigenvalue weighted by Crippen LogP contribution is 2.16. The number of allylic oxidation sites excluding steroid dienone is 5. The van der Waals surface area contributed by atoms with Crippen molar-refractivity contribution in [3.63, 3.8) is 0 Å². The van der Waals surface area contributed by atoms with Gasteiger partial charge in [0.05, 0.1) is 0 Å². The predicted molar refractivity (Wildman–Crippen MR) is 201 cm³/mol. The van der Waals surface area contributed by atoms with Gasteiger partial charge in [-0.25, -0.2) is 0 Å². The molecule has 0 heterocycles. The summed E-state index contributed by atoms with van der Waals surface area (Å²) < 4.78 is 11.3. The first-order valence-corrected chi connectivity index (χ1v) is 19.7. The van der Waals surface area contributed by atoms with Gasteiger partial charge < -0.3 is 19.3 Å². The number of nitrogens with zero attached hydrogens (tertiary/aromatic N) is 2. The smallest absolute Gasteiger partial charge is 0.306 e. The molecule has 272 valence electrons. The second-order valence-corrected chi connectivity index (χ2v) is 13.7. The second-order valence-electron chi connectivity index (χ2n) is 12.6. The molecule has 0 bridgehead atoms. The fraction of sp³-hybridized carbons (Fsp3) is 0.769. The summed E-state index contributed by atoms with van der Waals surface area (Å²) in [5, 5.41) is 0.0504. The van der Waals surface area contributed by atoms with E-state index in [1.165, 1.54) is 37.4 Å². The van der Waals surface area contributed by atoms with Crippen molar-refractivity contribution in [1.82, 2.24) is 9.80 Å². The summed E-state index contributed by atoms with van der Waals surface area (Å²) in [7, 11) is 4.00. The lowest BCUT2D eigenvalue weighted by Gasteiger charge is -2.22. The van der Waals surface area contributed by atoms with Gasteiger partial charge in [-0.3, -0.25) is 14.4 Å². The Morgan fingerprint density at radius 2 is 1.21 bits per heavy atom. The molecule has 0 aliphatic heterocycles. The van der Waals surface area contributed by atoms with Gasteiger partial charge in [0.25, 0.3) is 5.24 Å². The van der Waals surface area contributed by atoms with Crippen LogP contribution in [0.15, 0.2) is 36.5 Å². The van der Waals surface area contributed by atoms with Gasteiger partial charge in [-0.2, -0.15) is 0 Å². The molecule has 8 heteroatoms. The third kappa shape index (κ3) is 31.0. The van der Waals surface area contributed by atoms with Crippen molar-refractivity contribution in [3.8, 4) is 0 Å². The lowest BCUT2D eigenvalue weighted by atomic mass is 10.1. The molecular formula is C39H70N2O5S. The van der Waals surface area contributed by atoms with Crippen molar-refractivity contribution in [2.24, 2.45) is 0 Å². The van der Waals surface area contributed by atoms with Crippen LogP contribution in [0.4, 0.5) is 4.79 Å². The van der Waals surface area contributed by atoms with E-state index in [1.54, 1.807) is 0 Å². The van der Waals surface area contributed by atoms with E-state index in [1.807, 2.05) is 25.1 Å². The standard InChI is InChI=1S/C39H70N2O5S/c1-6-9-12-15-16-19-25-34-45-37(42)30-26-32-41(39(44)47-35-33-40(4)5)31-24-20-23-29-38(43)46-36(27-21-17-13-10-7-2)28-22-18-14-11-8-3/h13-14,17-19,25,36H,6-12,15-16,20-24,26-35H2,1-5H3/b17-13+,18-14+,25-19-. The van der Waals surface area contributed by atoms with Gasteiger partial charge in [-0.15, -0.1) is 0 Å². The normalized spacial score (nSPS) is 11.9. The maximum absolute atomic E-state index is 13.0. The summed E-state index contributed by atoms with van der Waals surface area (Å²) in [5.74, 6) is 0.381. The second kappa shape index (κ2) is 33.8. The van der Waals surface area contributed by atoms with Crippen LogP contribution >= 0.6 is 11.8 Å². The van der Waals surface area contributed by atoms with E-state index >= 15 is 0 Å². The summed E-state index contributed by atoms with van der Waals surface area (Å²) in [4.78, 5) is 41.8. The van der Waals surface area contributed by atoms with Gasteiger partial charge in [-0.1, -0.05) is 108 Å². The zero-order valence-corrected chi connectivity index (χ0v) is 31.7. The van der Waals surface area contributed by atoms with Crippen LogP contribution < -0.4 is 0 Å². The molecule has 0 aromatic rings. The average molecular weight is 679 g/mol. The Hall–Kier alpha value is -2.06. The molecule has 1 amide bonds. The first kappa shape index (κ1) is 44.9. The Morgan fingerprint density at radius 1 is 0.617 bits per heavy atom. The quantitative estimate of drug-likeness (QED) is 0.0410. The highest BCUT2D eigenvalue weighted by Gasteiger charge is 2.16. The number of rotatable bonds is 31. The molecule has 0 radical (unpaired) electrons. The van der Waals surface area contributed by atoms with Crippen LogP contribution in [0, 0.1) is 0 Å². The number of thioether (sulfide) groups is 1. The number of carbonyl (C=O) groups is 3. The minimum atomic E-state index is -0.223. The number of ether oxygens (including phenoxy) is 2. The van der Waals surface area contributed by atoms with Crippen molar-refractivity contribution < 1.29 is 23.9 Å².